The standard InChI is InChI=1S/C15H15BrN2/c16-14-4-1-11(2-5-14)8-18-9-12-3-6-15(17)7-13(12)10-18/h1-7H,8-10,17H2. The van der Waals surface area contributed by atoms with Gasteiger partial charge in [0.1, 0.15) is 0 Å². The van der Waals surface area contributed by atoms with E-state index in [0.717, 1.165) is 29.8 Å². The zero-order valence-corrected chi connectivity index (χ0v) is 11.7. The first-order valence-corrected chi connectivity index (χ1v) is 6.84. The number of nitrogens with two attached hydrogens (primary N) is 1. The summed E-state index contributed by atoms with van der Waals surface area (Å²) in [6.45, 7) is 3.00. The number of fused-ring (bicyclic) bond motifs is 1. The Hall–Kier alpha value is -1.32. The maximum Gasteiger partial charge on any atom is 0.0317 e. The van der Waals surface area contributed by atoms with Gasteiger partial charge in [0.15, 0.2) is 0 Å². The van der Waals surface area contributed by atoms with Crippen molar-refractivity contribution >= 4 is 21.6 Å². The third kappa shape index (κ3) is 2.42. The lowest BCUT2D eigenvalue weighted by atomic mass is 10.1. The van der Waals surface area contributed by atoms with E-state index in [4.69, 9.17) is 5.73 Å². The number of hydrogen-bond acceptors (Lipinski definition) is 2. The summed E-state index contributed by atoms with van der Waals surface area (Å²) < 4.78 is 1.13. The molecule has 1 aliphatic heterocycles. The molecule has 2 N–H and O–H groups in total. The maximum absolute atomic E-state index is 5.82. The van der Waals surface area contributed by atoms with Gasteiger partial charge in [0.05, 0.1) is 0 Å². The number of hydrogen-bond donors (Lipinski definition) is 1. The molecule has 0 radical (unpaired) electrons. The van der Waals surface area contributed by atoms with E-state index in [0.29, 0.717) is 0 Å². The van der Waals surface area contributed by atoms with Crippen LogP contribution in [0.15, 0.2) is 46.9 Å². The fourth-order valence-corrected chi connectivity index (χ4v) is 2.71. The lowest BCUT2D eigenvalue weighted by Crippen LogP contribution is -2.15. The van der Waals surface area contributed by atoms with Crippen molar-refractivity contribution in [1.82, 2.24) is 4.90 Å². The lowest BCUT2D eigenvalue weighted by molar-refractivity contribution is 0.275. The molecule has 1 aliphatic rings. The van der Waals surface area contributed by atoms with Crippen LogP contribution < -0.4 is 5.73 Å². The van der Waals surface area contributed by atoms with Crippen LogP contribution in [0, 0.1) is 0 Å². The topological polar surface area (TPSA) is 29.3 Å². The molecule has 0 amide bonds. The van der Waals surface area contributed by atoms with E-state index in [9.17, 15) is 0 Å². The van der Waals surface area contributed by atoms with Gasteiger partial charge in [-0.05, 0) is 41.0 Å². The highest BCUT2D eigenvalue weighted by molar-refractivity contribution is 9.10. The first-order chi connectivity index (χ1) is 8.70. The van der Waals surface area contributed by atoms with Gasteiger partial charge in [0, 0.05) is 29.8 Å². The maximum atomic E-state index is 5.82. The van der Waals surface area contributed by atoms with Crippen LogP contribution in [0.25, 0.3) is 0 Å². The minimum absolute atomic E-state index is 0.860. The molecule has 1 heterocycles. The Morgan fingerprint density at radius 1 is 1.00 bits per heavy atom. The smallest absolute Gasteiger partial charge is 0.0317 e. The van der Waals surface area contributed by atoms with E-state index in [2.05, 4.69) is 57.2 Å². The van der Waals surface area contributed by atoms with E-state index in [1.807, 2.05) is 6.07 Å². The van der Waals surface area contributed by atoms with Crippen molar-refractivity contribution in [2.24, 2.45) is 0 Å². The van der Waals surface area contributed by atoms with Gasteiger partial charge < -0.3 is 5.73 Å². The van der Waals surface area contributed by atoms with Gasteiger partial charge in [-0.2, -0.15) is 0 Å². The molecule has 0 bridgehead atoms. The number of nitrogens with zero attached hydrogens (tertiary/aromatic N) is 1. The summed E-state index contributed by atoms with van der Waals surface area (Å²) in [5, 5.41) is 0. The molecule has 2 aromatic carbocycles. The Bertz CT molecular complexity index is 563. The van der Waals surface area contributed by atoms with Gasteiger partial charge in [-0.25, -0.2) is 0 Å². The van der Waals surface area contributed by atoms with E-state index in [-0.39, 0.29) is 0 Å². The van der Waals surface area contributed by atoms with Gasteiger partial charge in [-0.1, -0.05) is 34.1 Å². The number of nitrogen functional groups attached to an aromatic ring is 1. The van der Waals surface area contributed by atoms with Gasteiger partial charge in [-0.15, -0.1) is 0 Å². The van der Waals surface area contributed by atoms with E-state index in [1.54, 1.807) is 0 Å². The molecule has 0 unspecified atom stereocenters. The van der Waals surface area contributed by atoms with Crippen molar-refractivity contribution in [3.05, 3.63) is 63.6 Å². The van der Waals surface area contributed by atoms with E-state index >= 15 is 0 Å². The van der Waals surface area contributed by atoms with E-state index in [1.165, 1.54) is 16.7 Å². The fraction of sp³-hybridized carbons (Fsp3) is 0.200. The molecule has 0 saturated carbocycles. The number of benzene rings is 2. The summed E-state index contributed by atoms with van der Waals surface area (Å²) in [5.74, 6) is 0. The molecule has 2 nitrogen and oxygen atoms in total. The third-order valence-electron chi connectivity index (χ3n) is 3.34. The minimum Gasteiger partial charge on any atom is -0.399 e. The van der Waals surface area contributed by atoms with Crippen LogP contribution in [-0.2, 0) is 19.6 Å². The molecule has 0 aliphatic carbocycles. The zero-order valence-electron chi connectivity index (χ0n) is 10.1. The molecule has 0 aromatic heterocycles. The van der Waals surface area contributed by atoms with Crippen molar-refractivity contribution in [1.29, 1.82) is 0 Å². The average Bonchev–Trinajstić information content (AvgIpc) is 2.73. The fourth-order valence-electron chi connectivity index (χ4n) is 2.44. The predicted molar refractivity (Wildman–Crippen MR) is 77.9 cm³/mol. The summed E-state index contributed by atoms with van der Waals surface area (Å²) in [4.78, 5) is 2.44. The molecule has 92 valence electrons. The largest absolute Gasteiger partial charge is 0.399 e. The second kappa shape index (κ2) is 4.75. The molecule has 3 rings (SSSR count). The van der Waals surface area contributed by atoms with Crippen molar-refractivity contribution in [2.45, 2.75) is 19.6 Å². The number of rotatable bonds is 2. The van der Waals surface area contributed by atoms with Crippen LogP contribution in [0.1, 0.15) is 16.7 Å². The summed E-state index contributed by atoms with van der Waals surface area (Å²) in [7, 11) is 0. The SMILES string of the molecule is Nc1ccc2c(c1)CN(Cc1ccc(Br)cc1)C2. The summed E-state index contributed by atoms with van der Waals surface area (Å²) >= 11 is 3.46. The number of anilines is 1. The highest BCUT2D eigenvalue weighted by atomic mass is 79.9. The van der Waals surface area contributed by atoms with Crippen LogP contribution in [0.5, 0.6) is 0 Å². The van der Waals surface area contributed by atoms with Gasteiger partial charge >= 0.3 is 0 Å². The van der Waals surface area contributed by atoms with Crippen LogP contribution >= 0.6 is 15.9 Å². The zero-order chi connectivity index (χ0) is 12.5. The molecule has 18 heavy (non-hydrogen) atoms. The second-order valence-corrected chi connectivity index (χ2v) is 5.72. The highest BCUT2D eigenvalue weighted by Crippen LogP contribution is 2.26. The van der Waals surface area contributed by atoms with Gasteiger partial charge in [0.2, 0.25) is 0 Å². The predicted octanol–water partition coefficient (Wildman–Crippen LogP) is 3.55. The molecular formula is C15H15BrN2. The Kier molecular flexibility index (Phi) is 3.10. The molecule has 0 saturated heterocycles. The first-order valence-electron chi connectivity index (χ1n) is 6.05. The molecule has 0 atom stereocenters. The third-order valence-corrected chi connectivity index (χ3v) is 3.87. The van der Waals surface area contributed by atoms with Crippen LogP contribution in [-0.4, -0.2) is 4.90 Å². The Morgan fingerprint density at radius 3 is 2.50 bits per heavy atom. The first kappa shape index (κ1) is 11.8. The molecular weight excluding hydrogens is 288 g/mol. The van der Waals surface area contributed by atoms with Gasteiger partial charge in [0.25, 0.3) is 0 Å². The monoisotopic (exact) mass is 302 g/mol. The summed E-state index contributed by atoms with van der Waals surface area (Å²) in [6, 6.07) is 14.8. The quantitative estimate of drug-likeness (QED) is 0.860. The molecule has 2 aromatic rings. The summed E-state index contributed by atoms with van der Waals surface area (Å²) in [5.41, 5.74) is 10.8. The highest BCUT2D eigenvalue weighted by Gasteiger charge is 2.18. The Labute approximate surface area is 116 Å². The lowest BCUT2D eigenvalue weighted by Gasteiger charge is -2.14. The van der Waals surface area contributed by atoms with Crippen molar-refractivity contribution in [3.63, 3.8) is 0 Å². The number of halogens is 1. The normalized spacial score (nSPS) is 14.7. The van der Waals surface area contributed by atoms with Crippen molar-refractivity contribution in [3.8, 4) is 0 Å². The molecule has 0 spiro atoms. The van der Waals surface area contributed by atoms with Crippen molar-refractivity contribution in [2.75, 3.05) is 5.73 Å². The Morgan fingerprint density at radius 2 is 1.72 bits per heavy atom. The minimum atomic E-state index is 0.860. The van der Waals surface area contributed by atoms with Crippen LogP contribution in [0.2, 0.25) is 0 Å². The van der Waals surface area contributed by atoms with Crippen LogP contribution in [0.4, 0.5) is 5.69 Å². The molecule has 3 heteroatoms. The van der Waals surface area contributed by atoms with E-state index < -0.39 is 0 Å². The Balaban J connectivity index is 1.72. The van der Waals surface area contributed by atoms with Crippen LogP contribution in [0.3, 0.4) is 0 Å². The average molecular weight is 303 g/mol. The summed E-state index contributed by atoms with van der Waals surface area (Å²) in [6.07, 6.45) is 0. The molecule has 0 fully saturated rings. The second-order valence-electron chi connectivity index (χ2n) is 4.80. The van der Waals surface area contributed by atoms with Gasteiger partial charge in [-0.3, -0.25) is 4.90 Å². The van der Waals surface area contributed by atoms with Crippen molar-refractivity contribution < 1.29 is 0 Å².